The molecule has 0 saturated heterocycles. The van der Waals surface area contributed by atoms with Crippen LogP contribution in [-0.4, -0.2) is 30.4 Å². The van der Waals surface area contributed by atoms with Gasteiger partial charge in [0.25, 0.3) is 10.0 Å². The van der Waals surface area contributed by atoms with Crippen LogP contribution in [0.5, 0.6) is 0 Å². The van der Waals surface area contributed by atoms with Crippen LogP contribution in [0.2, 0.25) is 0 Å². The van der Waals surface area contributed by atoms with Crippen molar-refractivity contribution in [3.8, 4) is 0 Å². The third-order valence-electron chi connectivity index (χ3n) is 3.80. The summed E-state index contributed by atoms with van der Waals surface area (Å²) in [5, 5.41) is 13.1. The van der Waals surface area contributed by atoms with Crippen molar-refractivity contribution >= 4 is 68.3 Å². The zero-order valence-electron chi connectivity index (χ0n) is 14.5. The summed E-state index contributed by atoms with van der Waals surface area (Å²) >= 11 is 5.30. The van der Waals surface area contributed by atoms with E-state index in [0.717, 1.165) is 0 Å². The molecule has 0 bridgehead atoms. The lowest BCUT2D eigenvalue weighted by molar-refractivity contribution is 0.0698. The Morgan fingerprint density at radius 2 is 1.86 bits per heavy atom. The van der Waals surface area contributed by atoms with Gasteiger partial charge in [0.15, 0.2) is 0 Å². The number of carbonyl (C=O) groups is 1. The molecular weight excluding hydrogens is 441 g/mol. The Kier molecular flexibility index (Phi) is 6.85. The molecule has 2 aromatic carbocycles. The quantitative estimate of drug-likeness (QED) is 0.341. The molecule has 0 amide bonds. The molecule has 9 nitrogen and oxygen atoms in total. The third-order valence-corrected chi connectivity index (χ3v) is 5.34. The Balaban J connectivity index is 0.00000300. The van der Waals surface area contributed by atoms with Gasteiger partial charge in [-0.1, -0.05) is 18.2 Å². The van der Waals surface area contributed by atoms with Crippen molar-refractivity contribution in [3.05, 3.63) is 60.4 Å². The molecule has 0 saturated carbocycles. The fourth-order valence-corrected chi connectivity index (χ4v) is 3.70. The van der Waals surface area contributed by atoms with Crippen molar-refractivity contribution < 1.29 is 18.3 Å². The number of hydrogen-bond acceptors (Lipinski definition) is 5. The van der Waals surface area contributed by atoms with Gasteiger partial charge < -0.3 is 16.2 Å². The molecule has 0 aliphatic heterocycles. The lowest BCUT2D eigenvalue weighted by atomic mass is 10.1. The fourth-order valence-electron chi connectivity index (χ4n) is 2.54. The number of pyridine rings is 1. The number of sulfonamides is 1. The van der Waals surface area contributed by atoms with Gasteiger partial charge in [0.2, 0.25) is 5.96 Å². The number of aromatic nitrogens is 1. The van der Waals surface area contributed by atoms with E-state index in [-0.39, 0.29) is 34.5 Å². The van der Waals surface area contributed by atoms with Crippen LogP contribution in [0.4, 0.5) is 11.4 Å². The Morgan fingerprint density at radius 3 is 2.55 bits per heavy atom. The van der Waals surface area contributed by atoms with E-state index in [1.807, 2.05) is 0 Å². The number of nitrogens with two attached hydrogens (primary N) is 1. The minimum Gasteiger partial charge on any atom is -0.478 e. The van der Waals surface area contributed by atoms with Crippen LogP contribution in [-0.2, 0) is 10.0 Å². The molecular formula is C17H15Cl2N5O4S. The highest BCUT2D eigenvalue weighted by Gasteiger charge is 2.19. The average molecular weight is 456 g/mol. The van der Waals surface area contributed by atoms with Gasteiger partial charge in [-0.25, -0.2) is 13.2 Å². The van der Waals surface area contributed by atoms with E-state index in [9.17, 15) is 18.3 Å². The summed E-state index contributed by atoms with van der Waals surface area (Å²) in [7, 11) is -4.03. The Bertz CT molecular complexity index is 1200. The third kappa shape index (κ3) is 4.86. The number of benzene rings is 2. The molecule has 0 aliphatic carbocycles. The lowest BCUT2D eigenvalue weighted by Gasteiger charge is -2.12. The zero-order valence-corrected chi connectivity index (χ0v) is 16.9. The highest BCUT2D eigenvalue weighted by atomic mass is 35.5. The molecule has 1 aromatic heterocycles. The van der Waals surface area contributed by atoms with Crippen molar-refractivity contribution in [3.63, 3.8) is 0 Å². The van der Waals surface area contributed by atoms with Crippen molar-refractivity contribution in [1.29, 1.82) is 0 Å². The van der Waals surface area contributed by atoms with Crippen molar-refractivity contribution in [2.45, 2.75) is 4.90 Å². The summed E-state index contributed by atoms with van der Waals surface area (Å²) in [6.45, 7) is 0. The maximum Gasteiger partial charge on any atom is 0.337 e. The number of guanidine groups is 1. The van der Waals surface area contributed by atoms with Crippen molar-refractivity contribution in [2.24, 2.45) is 10.2 Å². The van der Waals surface area contributed by atoms with E-state index in [2.05, 4.69) is 19.5 Å². The van der Waals surface area contributed by atoms with E-state index in [4.69, 9.17) is 17.5 Å². The number of anilines is 2. The van der Waals surface area contributed by atoms with Gasteiger partial charge in [-0.3, -0.25) is 9.71 Å². The first-order valence-electron chi connectivity index (χ1n) is 7.76. The minimum atomic E-state index is -4.03. The van der Waals surface area contributed by atoms with Gasteiger partial charge in [0, 0.05) is 28.7 Å². The summed E-state index contributed by atoms with van der Waals surface area (Å²) in [5.74, 6) is -1.28. The second-order valence-electron chi connectivity index (χ2n) is 5.62. The average Bonchev–Trinajstić information content (AvgIpc) is 2.67. The molecule has 0 radical (unpaired) electrons. The molecule has 0 fully saturated rings. The van der Waals surface area contributed by atoms with Gasteiger partial charge in [-0.05, 0) is 24.3 Å². The first-order valence-corrected chi connectivity index (χ1v) is 9.58. The van der Waals surface area contributed by atoms with Crippen molar-refractivity contribution in [2.75, 3.05) is 10.0 Å². The van der Waals surface area contributed by atoms with Crippen LogP contribution in [0.3, 0.4) is 0 Å². The van der Waals surface area contributed by atoms with E-state index in [0.29, 0.717) is 16.5 Å². The summed E-state index contributed by atoms with van der Waals surface area (Å²) in [4.78, 5) is 15.3. The SMILES string of the molecule is Cl.NC(=NCl)Nc1cncc2cc(S(=O)(=O)Nc3ccccc3C(=O)O)ccc12. The number of hydrogen-bond donors (Lipinski definition) is 4. The first-order chi connectivity index (χ1) is 13.3. The minimum absolute atomic E-state index is 0. The van der Waals surface area contributed by atoms with E-state index >= 15 is 0 Å². The predicted octanol–water partition coefficient (Wildman–Crippen LogP) is 3.04. The zero-order chi connectivity index (χ0) is 20.3. The van der Waals surface area contributed by atoms with Gasteiger partial charge in [0.1, 0.15) is 0 Å². The second-order valence-corrected chi connectivity index (χ2v) is 7.47. The summed E-state index contributed by atoms with van der Waals surface area (Å²) in [6.07, 6.45) is 2.98. The molecule has 0 spiro atoms. The second kappa shape index (κ2) is 8.95. The molecule has 1 heterocycles. The summed E-state index contributed by atoms with van der Waals surface area (Å²) in [5.41, 5.74) is 5.85. The highest BCUT2D eigenvalue weighted by Crippen LogP contribution is 2.26. The molecule has 29 heavy (non-hydrogen) atoms. The van der Waals surface area contributed by atoms with Crippen LogP contribution in [0.15, 0.2) is 64.3 Å². The van der Waals surface area contributed by atoms with Crippen LogP contribution < -0.4 is 15.8 Å². The molecule has 0 aliphatic rings. The first kappa shape index (κ1) is 22.2. The number of fused-ring (bicyclic) bond motifs is 1. The molecule has 12 heteroatoms. The number of nitrogens with zero attached hydrogens (tertiary/aromatic N) is 2. The Labute approximate surface area is 177 Å². The van der Waals surface area contributed by atoms with Crippen LogP contribution in [0, 0.1) is 0 Å². The monoisotopic (exact) mass is 455 g/mol. The fraction of sp³-hybridized carbons (Fsp3) is 0. The predicted molar refractivity (Wildman–Crippen MR) is 114 cm³/mol. The maximum atomic E-state index is 12.7. The number of carboxylic acid groups (broad SMARTS) is 1. The van der Waals surface area contributed by atoms with Gasteiger partial charge in [-0.15, -0.1) is 16.9 Å². The largest absolute Gasteiger partial charge is 0.478 e. The maximum absolute atomic E-state index is 12.7. The van der Waals surface area contributed by atoms with Gasteiger partial charge in [-0.2, -0.15) is 0 Å². The summed E-state index contributed by atoms with van der Waals surface area (Å²) in [6, 6.07) is 10.1. The van der Waals surface area contributed by atoms with Crippen molar-refractivity contribution in [1.82, 2.24) is 4.98 Å². The molecule has 0 atom stereocenters. The summed E-state index contributed by atoms with van der Waals surface area (Å²) < 4.78 is 31.1. The van der Waals surface area contributed by atoms with Crippen LogP contribution in [0.1, 0.15) is 10.4 Å². The van der Waals surface area contributed by atoms with Gasteiger partial charge in [0.05, 0.1) is 28.0 Å². The molecule has 3 rings (SSSR count). The highest BCUT2D eigenvalue weighted by molar-refractivity contribution is 7.92. The molecule has 152 valence electrons. The molecule has 5 N–H and O–H groups in total. The van der Waals surface area contributed by atoms with E-state index < -0.39 is 16.0 Å². The number of nitrogens with one attached hydrogen (secondary N) is 2. The normalized spacial score (nSPS) is 11.6. The van der Waals surface area contributed by atoms with Gasteiger partial charge >= 0.3 is 5.97 Å². The van der Waals surface area contributed by atoms with Crippen LogP contribution >= 0.6 is 24.2 Å². The van der Waals surface area contributed by atoms with E-state index in [1.54, 1.807) is 6.07 Å². The topological polar surface area (TPSA) is 147 Å². The number of rotatable bonds is 5. The smallest absolute Gasteiger partial charge is 0.337 e. The molecule has 3 aromatic rings. The molecule has 0 unspecified atom stereocenters. The Hall–Kier alpha value is -3.08. The van der Waals surface area contributed by atoms with Crippen LogP contribution in [0.25, 0.3) is 10.8 Å². The number of carboxylic acids is 1. The standard InChI is InChI=1S/C17H14ClN5O4S.ClH/c18-22-17(19)21-15-9-20-8-10-7-11(5-6-12(10)15)28(26,27)23-14-4-2-1-3-13(14)16(24)25;/h1-9,23H,(H,24,25)(H3,19,21,22);1H. The number of aromatic carboxylic acids is 1. The number of halogens is 2. The lowest BCUT2D eigenvalue weighted by Crippen LogP contribution is -2.21. The Morgan fingerprint density at radius 1 is 1.14 bits per heavy atom. The van der Waals surface area contributed by atoms with E-state index in [1.165, 1.54) is 48.8 Å². The number of para-hydroxylation sites is 1.